The fourth-order valence-corrected chi connectivity index (χ4v) is 4.68. The summed E-state index contributed by atoms with van der Waals surface area (Å²) in [6.07, 6.45) is 7.70. The lowest BCUT2D eigenvalue weighted by Crippen LogP contribution is -2.03. The molecule has 0 unspecified atom stereocenters. The summed E-state index contributed by atoms with van der Waals surface area (Å²) in [5.74, 6) is -0.841. The molecule has 3 aromatic rings. The van der Waals surface area contributed by atoms with E-state index in [0.717, 1.165) is 17.8 Å². The lowest BCUT2D eigenvalue weighted by atomic mass is 9.90. The van der Waals surface area contributed by atoms with Crippen molar-refractivity contribution >= 4 is 22.3 Å². The van der Waals surface area contributed by atoms with Crippen LogP contribution in [-0.4, -0.2) is 20.5 Å². The predicted molar refractivity (Wildman–Crippen MR) is 95.9 cm³/mol. The van der Waals surface area contributed by atoms with Crippen LogP contribution in [0.4, 0.5) is 0 Å². The van der Waals surface area contributed by atoms with Gasteiger partial charge in [-0.1, -0.05) is 19.1 Å². The number of hydrogen-bond acceptors (Lipinski definition) is 3. The molecule has 1 aliphatic rings. The van der Waals surface area contributed by atoms with E-state index in [1.807, 2.05) is 6.20 Å². The molecular weight excluding hydrogens is 320 g/mol. The molecule has 0 radical (unpaired) electrons. The second-order valence-electron chi connectivity index (χ2n) is 6.37. The normalized spacial score (nSPS) is 14.0. The first-order valence-corrected chi connectivity index (χ1v) is 9.31. The molecule has 124 valence electrons. The summed E-state index contributed by atoms with van der Waals surface area (Å²) in [6, 6.07) is 6.80. The van der Waals surface area contributed by atoms with E-state index < -0.39 is 5.97 Å². The quantitative estimate of drug-likeness (QED) is 0.777. The molecule has 4 nitrogen and oxygen atoms in total. The standard InChI is InChI=1S/C19H20N2O2S/c1-2-16-18(14-8-7-12-5-3-4-6-13(12)9-14)21-11-15(10-17(22)23)20-19(21)24-16/h7-9,11H,2-6,10H2,1H3,(H,22,23). The molecule has 1 aromatic carbocycles. The minimum atomic E-state index is -0.841. The molecule has 1 aliphatic carbocycles. The van der Waals surface area contributed by atoms with Crippen LogP contribution in [0.5, 0.6) is 0 Å². The van der Waals surface area contributed by atoms with Crippen molar-refractivity contribution in [2.24, 2.45) is 0 Å². The molecule has 24 heavy (non-hydrogen) atoms. The predicted octanol–water partition coefficient (Wildman–Crippen LogP) is 4.13. The van der Waals surface area contributed by atoms with E-state index in [1.165, 1.54) is 46.5 Å². The second kappa shape index (κ2) is 6.06. The molecule has 0 atom stereocenters. The van der Waals surface area contributed by atoms with Crippen molar-refractivity contribution in [1.82, 2.24) is 9.38 Å². The molecule has 0 saturated carbocycles. The third-order valence-electron chi connectivity index (χ3n) is 4.72. The van der Waals surface area contributed by atoms with Gasteiger partial charge < -0.3 is 5.11 Å². The number of carboxylic acid groups (broad SMARTS) is 1. The van der Waals surface area contributed by atoms with Gasteiger partial charge in [-0.05, 0) is 54.9 Å². The Kier molecular flexibility index (Phi) is 3.88. The highest BCUT2D eigenvalue weighted by Crippen LogP contribution is 2.34. The molecular formula is C19H20N2O2S. The topological polar surface area (TPSA) is 54.6 Å². The number of carboxylic acids is 1. The van der Waals surface area contributed by atoms with E-state index in [4.69, 9.17) is 5.11 Å². The highest BCUT2D eigenvalue weighted by molar-refractivity contribution is 7.17. The maximum atomic E-state index is 11.0. The number of carbonyl (C=O) groups is 1. The number of hydrogen-bond donors (Lipinski definition) is 1. The first kappa shape index (κ1) is 15.4. The number of imidazole rings is 1. The van der Waals surface area contributed by atoms with Crippen LogP contribution in [-0.2, 0) is 30.5 Å². The highest BCUT2D eigenvalue weighted by Gasteiger charge is 2.18. The fourth-order valence-electron chi connectivity index (χ4n) is 3.60. The molecule has 0 bridgehead atoms. The van der Waals surface area contributed by atoms with Gasteiger partial charge >= 0.3 is 5.97 Å². The minimum Gasteiger partial charge on any atom is -0.481 e. The van der Waals surface area contributed by atoms with Crippen molar-refractivity contribution in [2.75, 3.05) is 0 Å². The van der Waals surface area contributed by atoms with Gasteiger partial charge in [0.15, 0.2) is 4.96 Å². The van der Waals surface area contributed by atoms with Crippen LogP contribution in [0.25, 0.3) is 16.2 Å². The molecule has 0 saturated heterocycles. The first-order chi connectivity index (χ1) is 11.7. The van der Waals surface area contributed by atoms with Crippen molar-refractivity contribution in [3.63, 3.8) is 0 Å². The minimum absolute atomic E-state index is 0.0283. The lowest BCUT2D eigenvalue weighted by Gasteiger charge is -2.16. The van der Waals surface area contributed by atoms with Gasteiger partial charge in [-0.15, -0.1) is 11.3 Å². The molecule has 1 N–H and O–H groups in total. The third kappa shape index (κ3) is 2.63. The second-order valence-corrected chi connectivity index (χ2v) is 7.44. The van der Waals surface area contributed by atoms with Crippen LogP contribution in [0.15, 0.2) is 24.4 Å². The fraction of sp³-hybridized carbons (Fsp3) is 0.368. The zero-order chi connectivity index (χ0) is 16.7. The Morgan fingerprint density at radius 3 is 2.83 bits per heavy atom. The largest absolute Gasteiger partial charge is 0.481 e. The Labute approximate surface area is 144 Å². The van der Waals surface area contributed by atoms with E-state index in [9.17, 15) is 4.79 Å². The van der Waals surface area contributed by atoms with Crippen LogP contribution in [0.2, 0.25) is 0 Å². The zero-order valence-corrected chi connectivity index (χ0v) is 14.5. The summed E-state index contributed by atoms with van der Waals surface area (Å²) in [5.41, 5.74) is 5.96. The van der Waals surface area contributed by atoms with E-state index in [-0.39, 0.29) is 6.42 Å². The summed E-state index contributed by atoms with van der Waals surface area (Å²) in [6.45, 7) is 2.16. The Hall–Kier alpha value is -2.14. The van der Waals surface area contributed by atoms with Crippen molar-refractivity contribution in [3.8, 4) is 11.3 Å². The van der Waals surface area contributed by atoms with Crippen molar-refractivity contribution in [2.45, 2.75) is 45.4 Å². The molecule has 2 heterocycles. The zero-order valence-electron chi connectivity index (χ0n) is 13.7. The first-order valence-electron chi connectivity index (χ1n) is 8.49. The molecule has 0 aliphatic heterocycles. The van der Waals surface area contributed by atoms with Gasteiger partial charge in [-0.3, -0.25) is 9.20 Å². The summed E-state index contributed by atoms with van der Waals surface area (Å²) in [7, 11) is 0. The number of aryl methyl sites for hydroxylation is 3. The van der Waals surface area contributed by atoms with Crippen LogP contribution < -0.4 is 0 Å². The van der Waals surface area contributed by atoms with Crippen molar-refractivity contribution < 1.29 is 9.90 Å². The molecule has 0 amide bonds. The molecule has 4 rings (SSSR count). The molecule has 0 fully saturated rings. The summed E-state index contributed by atoms with van der Waals surface area (Å²) in [5, 5.41) is 9.00. The number of benzene rings is 1. The van der Waals surface area contributed by atoms with Crippen LogP contribution in [0, 0.1) is 0 Å². The number of fused-ring (bicyclic) bond motifs is 2. The third-order valence-corrected chi connectivity index (χ3v) is 5.92. The average molecular weight is 340 g/mol. The van der Waals surface area contributed by atoms with Gasteiger partial charge in [0.25, 0.3) is 0 Å². The number of aromatic nitrogens is 2. The van der Waals surface area contributed by atoms with Gasteiger partial charge in [-0.2, -0.15) is 0 Å². The van der Waals surface area contributed by atoms with E-state index in [1.54, 1.807) is 11.3 Å². The maximum Gasteiger partial charge on any atom is 0.309 e. The molecule has 5 heteroatoms. The monoisotopic (exact) mass is 340 g/mol. The summed E-state index contributed by atoms with van der Waals surface area (Å²) in [4.78, 5) is 17.6. The Morgan fingerprint density at radius 2 is 2.08 bits per heavy atom. The van der Waals surface area contributed by atoms with Crippen LogP contribution >= 0.6 is 11.3 Å². The van der Waals surface area contributed by atoms with E-state index in [2.05, 4.69) is 34.5 Å². The van der Waals surface area contributed by atoms with Crippen molar-refractivity contribution in [1.29, 1.82) is 0 Å². The maximum absolute atomic E-state index is 11.0. The SMILES string of the molecule is CCc1sc2nc(CC(=O)O)cn2c1-c1ccc2c(c1)CCCC2. The molecule has 0 spiro atoms. The Bertz CT molecular complexity index is 923. The van der Waals surface area contributed by atoms with Gasteiger partial charge in [0, 0.05) is 11.1 Å². The van der Waals surface area contributed by atoms with Gasteiger partial charge in [0.05, 0.1) is 17.8 Å². The lowest BCUT2D eigenvalue weighted by molar-refractivity contribution is -0.136. The number of aliphatic carboxylic acids is 1. The van der Waals surface area contributed by atoms with Gasteiger partial charge in [0.1, 0.15) is 0 Å². The van der Waals surface area contributed by atoms with E-state index in [0.29, 0.717) is 5.69 Å². The van der Waals surface area contributed by atoms with Crippen LogP contribution in [0.1, 0.15) is 41.5 Å². The highest BCUT2D eigenvalue weighted by atomic mass is 32.1. The van der Waals surface area contributed by atoms with Crippen LogP contribution in [0.3, 0.4) is 0 Å². The smallest absolute Gasteiger partial charge is 0.309 e. The Morgan fingerprint density at radius 1 is 1.29 bits per heavy atom. The van der Waals surface area contributed by atoms with Crippen molar-refractivity contribution in [3.05, 3.63) is 46.1 Å². The molecule has 2 aromatic heterocycles. The summed E-state index contributed by atoms with van der Waals surface area (Å²) >= 11 is 1.66. The summed E-state index contributed by atoms with van der Waals surface area (Å²) < 4.78 is 2.08. The average Bonchev–Trinajstić information content (AvgIpc) is 3.10. The van der Waals surface area contributed by atoms with E-state index >= 15 is 0 Å². The number of nitrogens with zero attached hydrogens (tertiary/aromatic N) is 2. The Balaban J connectivity index is 1.84. The van der Waals surface area contributed by atoms with Gasteiger partial charge in [0.2, 0.25) is 0 Å². The number of thiazole rings is 1. The van der Waals surface area contributed by atoms with Gasteiger partial charge in [-0.25, -0.2) is 4.98 Å². The number of rotatable bonds is 4.